The Morgan fingerprint density at radius 3 is 2.93 bits per heavy atom. The molecule has 0 fully saturated rings. The summed E-state index contributed by atoms with van der Waals surface area (Å²) in [6.45, 7) is 0. The lowest BCUT2D eigenvalue weighted by atomic mass is 10.1. The zero-order valence-electron chi connectivity index (χ0n) is 7.99. The second-order valence-electron chi connectivity index (χ2n) is 3.24. The second-order valence-corrected chi connectivity index (χ2v) is 4.32. The molecule has 1 radical (unpaired) electrons. The maximum atomic E-state index is 10.1. The van der Waals surface area contributed by atoms with Gasteiger partial charge in [-0.3, -0.25) is 4.79 Å². The van der Waals surface area contributed by atoms with E-state index in [2.05, 4.69) is 6.07 Å². The molecule has 73 valence electrons. The van der Waals surface area contributed by atoms with Crippen LogP contribution in [0.4, 0.5) is 0 Å². The van der Waals surface area contributed by atoms with E-state index >= 15 is 0 Å². The van der Waals surface area contributed by atoms with Gasteiger partial charge in [0.15, 0.2) is 6.29 Å². The van der Waals surface area contributed by atoms with Crippen molar-refractivity contribution in [3.05, 3.63) is 34.7 Å². The van der Waals surface area contributed by atoms with Crippen molar-refractivity contribution in [2.75, 3.05) is 0 Å². The summed E-state index contributed by atoms with van der Waals surface area (Å²) in [6.07, 6.45) is 3.03. The second kappa shape index (κ2) is 4.24. The first-order valence-electron chi connectivity index (χ1n) is 4.61. The minimum absolute atomic E-state index is 0.431. The van der Waals surface area contributed by atoms with Gasteiger partial charge in [0.1, 0.15) is 10.9 Å². The quantitative estimate of drug-likeness (QED) is 0.788. The van der Waals surface area contributed by atoms with Gasteiger partial charge in [-0.05, 0) is 29.5 Å². The van der Waals surface area contributed by atoms with E-state index in [0.29, 0.717) is 6.42 Å². The standard InChI is InChI=1S/C12H8NOS/c13-8-11-7-10-6-9(2-1-5-14)3-4-12(10)15-11/h3-4,6-7H,1-2H2. The van der Waals surface area contributed by atoms with E-state index in [9.17, 15) is 4.79 Å². The molecule has 0 saturated heterocycles. The van der Waals surface area contributed by atoms with Crippen LogP contribution in [0, 0.1) is 11.3 Å². The summed E-state index contributed by atoms with van der Waals surface area (Å²) in [6, 6.07) is 10.0. The topological polar surface area (TPSA) is 40.9 Å². The van der Waals surface area contributed by atoms with E-state index in [1.165, 1.54) is 11.3 Å². The first kappa shape index (κ1) is 9.88. The molecule has 0 aliphatic carbocycles. The molecule has 0 unspecified atom stereocenters. The third-order valence-electron chi connectivity index (χ3n) is 2.21. The molecule has 15 heavy (non-hydrogen) atoms. The maximum Gasteiger partial charge on any atom is 0.198 e. The molecule has 1 aromatic carbocycles. The van der Waals surface area contributed by atoms with E-state index in [0.717, 1.165) is 26.9 Å². The Morgan fingerprint density at radius 2 is 2.20 bits per heavy atom. The summed E-state index contributed by atoms with van der Waals surface area (Å²) in [5.41, 5.74) is 1.12. The fraction of sp³-hybridized carbons (Fsp3) is 0.167. The minimum atomic E-state index is 0.431. The monoisotopic (exact) mass is 214 g/mol. The SMILES string of the molecule is N#Cc1cc2cc(CC[C]=O)ccc2s1. The van der Waals surface area contributed by atoms with Crippen molar-refractivity contribution < 1.29 is 4.79 Å². The predicted molar refractivity (Wildman–Crippen MR) is 60.6 cm³/mol. The number of rotatable bonds is 3. The number of carbonyl (C=O) groups excluding carboxylic acids is 1. The summed E-state index contributed by atoms with van der Waals surface area (Å²) in [5, 5.41) is 9.84. The van der Waals surface area contributed by atoms with E-state index in [-0.39, 0.29) is 0 Å². The van der Waals surface area contributed by atoms with Crippen molar-refractivity contribution in [2.24, 2.45) is 0 Å². The molecule has 0 atom stereocenters. The molecule has 1 heterocycles. The Kier molecular flexibility index (Phi) is 2.79. The van der Waals surface area contributed by atoms with E-state index in [1.54, 1.807) is 0 Å². The normalized spacial score (nSPS) is 10.1. The number of hydrogen-bond acceptors (Lipinski definition) is 3. The number of thiophene rings is 1. The van der Waals surface area contributed by atoms with Gasteiger partial charge in [0.2, 0.25) is 0 Å². The van der Waals surface area contributed by atoms with Crippen molar-refractivity contribution in [3.8, 4) is 6.07 Å². The van der Waals surface area contributed by atoms with Crippen molar-refractivity contribution in [1.82, 2.24) is 0 Å². The summed E-state index contributed by atoms with van der Waals surface area (Å²) in [5.74, 6) is 0. The third kappa shape index (κ3) is 2.05. The Labute approximate surface area is 91.8 Å². The highest BCUT2D eigenvalue weighted by Gasteiger charge is 2.02. The van der Waals surface area contributed by atoms with Crippen LogP contribution in [0.15, 0.2) is 24.3 Å². The van der Waals surface area contributed by atoms with Crippen molar-refractivity contribution >= 4 is 27.7 Å². The molecule has 0 aliphatic rings. The van der Waals surface area contributed by atoms with Crippen LogP contribution in [0.25, 0.3) is 10.1 Å². The Morgan fingerprint density at radius 1 is 1.33 bits per heavy atom. The van der Waals surface area contributed by atoms with Gasteiger partial charge in [-0.1, -0.05) is 12.1 Å². The number of fused-ring (bicyclic) bond motifs is 1. The first-order valence-corrected chi connectivity index (χ1v) is 5.42. The summed E-state index contributed by atoms with van der Waals surface area (Å²) < 4.78 is 1.12. The highest BCUT2D eigenvalue weighted by molar-refractivity contribution is 7.19. The Hall–Kier alpha value is -1.66. The van der Waals surface area contributed by atoms with Crippen molar-refractivity contribution in [3.63, 3.8) is 0 Å². The van der Waals surface area contributed by atoms with Gasteiger partial charge in [-0.25, -0.2) is 0 Å². The molecular formula is C12H8NOS. The van der Waals surface area contributed by atoms with Crippen LogP contribution in [-0.4, -0.2) is 6.29 Å². The lowest BCUT2D eigenvalue weighted by molar-refractivity contribution is 0.551. The zero-order valence-corrected chi connectivity index (χ0v) is 8.80. The Balaban J connectivity index is 2.38. The smallest absolute Gasteiger partial charge is 0.198 e. The fourth-order valence-corrected chi connectivity index (χ4v) is 2.34. The zero-order chi connectivity index (χ0) is 10.7. The highest BCUT2D eigenvalue weighted by Crippen LogP contribution is 2.26. The van der Waals surface area contributed by atoms with Gasteiger partial charge in [0.25, 0.3) is 0 Å². The summed E-state index contributed by atoms with van der Waals surface area (Å²) in [4.78, 5) is 10.9. The third-order valence-corrected chi connectivity index (χ3v) is 3.23. The number of nitriles is 1. The summed E-state index contributed by atoms with van der Waals surface area (Å²) >= 11 is 1.49. The van der Waals surface area contributed by atoms with Gasteiger partial charge in [-0.15, -0.1) is 11.3 Å². The van der Waals surface area contributed by atoms with Crippen LogP contribution in [0.5, 0.6) is 0 Å². The Bertz CT molecular complexity index is 536. The van der Waals surface area contributed by atoms with Gasteiger partial charge in [-0.2, -0.15) is 5.26 Å². The van der Waals surface area contributed by atoms with Crippen LogP contribution >= 0.6 is 11.3 Å². The van der Waals surface area contributed by atoms with Gasteiger partial charge < -0.3 is 0 Å². The maximum absolute atomic E-state index is 10.1. The molecule has 1 aromatic heterocycles. The molecule has 2 rings (SSSR count). The minimum Gasteiger partial charge on any atom is -0.291 e. The molecule has 0 bridgehead atoms. The average Bonchev–Trinajstić information content (AvgIpc) is 2.68. The lowest BCUT2D eigenvalue weighted by Gasteiger charge is -1.96. The molecule has 0 N–H and O–H groups in total. The first-order chi connectivity index (χ1) is 7.33. The molecule has 0 aliphatic heterocycles. The number of benzene rings is 1. The number of aryl methyl sites for hydroxylation is 1. The molecule has 2 nitrogen and oxygen atoms in total. The molecule has 2 aromatic rings. The van der Waals surface area contributed by atoms with Crippen LogP contribution in [0.1, 0.15) is 16.9 Å². The summed E-state index contributed by atoms with van der Waals surface area (Å²) in [7, 11) is 0. The highest BCUT2D eigenvalue weighted by atomic mass is 32.1. The van der Waals surface area contributed by atoms with Gasteiger partial charge >= 0.3 is 0 Å². The van der Waals surface area contributed by atoms with Gasteiger partial charge in [0.05, 0.1) is 0 Å². The van der Waals surface area contributed by atoms with E-state index in [1.807, 2.05) is 30.6 Å². The van der Waals surface area contributed by atoms with Crippen molar-refractivity contribution in [1.29, 1.82) is 5.26 Å². The fourth-order valence-electron chi connectivity index (χ4n) is 1.50. The van der Waals surface area contributed by atoms with Crippen molar-refractivity contribution in [2.45, 2.75) is 12.8 Å². The number of hydrogen-bond donors (Lipinski definition) is 0. The van der Waals surface area contributed by atoms with Crippen LogP contribution < -0.4 is 0 Å². The molecule has 0 saturated carbocycles. The molecule has 0 spiro atoms. The largest absolute Gasteiger partial charge is 0.291 e. The lowest BCUT2D eigenvalue weighted by Crippen LogP contribution is -1.84. The van der Waals surface area contributed by atoms with E-state index < -0.39 is 0 Å². The molecule has 0 amide bonds. The van der Waals surface area contributed by atoms with Gasteiger partial charge in [0, 0.05) is 11.1 Å². The predicted octanol–water partition coefficient (Wildman–Crippen LogP) is 2.82. The van der Waals surface area contributed by atoms with Crippen LogP contribution in [0.3, 0.4) is 0 Å². The molecule has 3 heteroatoms. The van der Waals surface area contributed by atoms with E-state index in [4.69, 9.17) is 5.26 Å². The van der Waals surface area contributed by atoms with Crippen LogP contribution in [0.2, 0.25) is 0 Å². The number of nitrogens with zero attached hydrogens (tertiary/aromatic N) is 1. The average molecular weight is 214 g/mol. The van der Waals surface area contributed by atoms with Crippen LogP contribution in [-0.2, 0) is 11.2 Å². The molecular weight excluding hydrogens is 206 g/mol.